The summed E-state index contributed by atoms with van der Waals surface area (Å²) in [6, 6.07) is 17.6. The van der Waals surface area contributed by atoms with Crippen molar-refractivity contribution in [1.82, 2.24) is 9.78 Å². The van der Waals surface area contributed by atoms with E-state index in [0.29, 0.717) is 16.4 Å². The third-order valence-electron chi connectivity index (χ3n) is 3.06. The maximum absolute atomic E-state index is 11.3. The summed E-state index contributed by atoms with van der Waals surface area (Å²) in [5.41, 5.74) is 2.02. The Bertz CT molecular complexity index is 780. The minimum atomic E-state index is -1.28. The predicted molar refractivity (Wildman–Crippen MR) is 78.3 cm³/mol. The Balaban J connectivity index is 2.14. The molecule has 2 aromatic carbocycles. The molecule has 0 aliphatic carbocycles. The van der Waals surface area contributed by atoms with Crippen LogP contribution in [0.1, 0.15) is 10.5 Å². The fraction of sp³-hybridized carbons (Fsp3) is 0. The molecule has 3 rings (SSSR count). The molecule has 0 bridgehead atoms. The topological polar surface area (TPSA) is 57.9 Å². The van der Waals surface area contributed by atoms with Crippen molar-refractivity contribution in [2.24, 2.45) is 0 Å². The van der Waals surface area contributed by atoms with Crippen LogP contribution in [0.15, 0.2) is 60.7 Å². The van der Waals surface area contributed by atoms with Crippen molar-refractivity contribution in [3.8, 4) is 16.9 Å². The molecule has 0 aliphatic rings. The number of carboxylic acid groups (broad SMARTS) is 1. The van der Waals surface area contributed by atoms with Crippen molar-refractivity contribution in [2.45, 2.75) is 0 Å². The highest BCUT2D eigenvalue weighted by molar-refractivity contribution is 6.30. The maximum atomic E-state index is 11.3. The molecule has 4 nitrogen and oxygen atoms in total. The first-order valence-electron chi connectivity index (χ1n) is 6.28. The molecular formula is C16H10ClN2O2-. The average Bonchev–Trinajstić information content (AvgIpc) is 2.94. The van der Waals surface area contributed by atoms with Gasteiger partial charge in [-0.1, -0.05) is 41.9 Å². The highest BCUT2D eigenvalue weighted by Crippen LogP contribution is 2.22. The van der Waals surface area contributed by atoms with Gasteiger partial charge >= 0.3 is 0 Å². The Kier molecular flexibility index (Phi) is 3.46. The fourth-order valence-corrected chi connectivity index (χ4v) is 2.18. The van der Waals surface area contributed by atoms with Gasteiger partial charge in [0.05, 0.1) is 23.0 Å². The summed E-state index contributed by atoms with van der Waals surface area (Å²) in [7, 11) is 0. The smallest absolute Gasteiger partial charge is 0.0934 e. The van der Waals surface area contributed by atoms with Crippen molar-refractivity contribution in [1.29, 1.82) is 0 Å². The van der Waals surface area contributed by atoms with Crippen LogP contribution in [0.4, 0.5) is 0 Å². The lowest BCUT2D eigenvalue weighted by atomic mass is 10.1. The molecule has 0 aliphatic heterocycles. The third-order valence-corrected chi connectivity index (χ3v) is 3.31. The van der Waals surface area contributed by atoms with Gasteiger partial charge in [-0.25, -0.2) is 4.68 Å². The van der Waals surface area contributed by atoms with Crippen LogP contribution in [-0.4, -0.2) is 15.7 Å². The van der Waals surface area contributed by atoms with E-state index in [2.05, 4.69) is 5.10 Å². The van der Waals surface area contributed by atoms with Gasteiger partial charge in [0.25, 0.3) is 0 Å². The molecular weight excluding hydrogens is 288 g/mol. The Morgan fingerprint density at radius 2 is 1.71 bits per heavy atom. The van der Waals surface area contributed by atoms with E-state index in [9.17, 15) is 9.90 Å². The summed E-state index contributed by atoms with van der Waals surface area (Å²) in [5.74, 6) is -1.28. The summed E-state index contributed by atoms with van der Waals surface area (Å²) < 4.78 is 1.34. The van der Waals surface area contributed by atoms with Gasteiger partial charge in [-0.2, -0.15) is 5.10 Å². The zero-order chi connectivity index (χ0) is 14.8. The normalized spacial score (nSPS) is 10.5. The van der Waals surface area contributed by atoms with Crippen molar-refractivity contribution in [3.05, 3.63) is 71.4 Å². The SMILES string of the molecule is O=C([O-])c1cc(-c2ccccc2)nn1-c1ccc(Cl)cc1. The molecule has 0 unspecified atom stereocenters. The Labute approximate surface area is 126 Å². The van der Waals surface area contributed by atoms with Gasteiger partial charge in [-0.15, -0.1) is 0 Å². The van der Waals surface area contributed by atoms with Crippen LogP contribution in [0.3, 0.4) is 0 Å². The molecule has 3 aromatic rings. The molecule has 0 saturated carbocycles. The second-order valence-corrected chi connectivity index (χ2v) is 4.89. The molecule has 5 heteroatoms. The van der Waals surface area contributed by atoms with Gasteiger partial charge in [0.15, 0.2) is 0 Å². The lowest BCUT2D eigenvalue weighted by molar-refractivity contribution is -0.255. The number of benzene rings is 2. The van der Waals surface area contributed by atoms with Gasteiger partial charge in [-0.05, 0) is 30.3 Å². The summed E-state index contributed by atoms with van der Waals surface area (Å²) >= 11 is 5.84. The summed E-state index contributed by atoms with van der Waals surface area (Å²) in [6.45, 7) is 0. The van der Waals surface area contributed by atoms with Crippen LogP contribution in [0.25, 0.3) is 16.9 Å². The maximum Gasteiger partial charge on any atom is 0.0934 e. The van der Waals surface area contributed by atoms with Gasteiger partial charge < -0.3 is 9.90 Å². The van der Waals surface area contributed by atoms with E-state index in [4.69, 9.17) is 11.6 Å². The van der Waals surface area contributed by atoms with Crippen molar-refractivity contribution in [3.63, 3.8) is 0 Å². The number of hydrogen-bond acceptors (Lipinski definition) is 3. The summed E-state index contributed by atoms with van der Waals surface area (Å²) in [4.78, 5) is 11.3. The first kappa shape index (κ1) is 13.4. The Hall–Kier alpha value is -2.59. The van der Waals surface area contributed by atoms with E-state index in [1.165, 1.54) is 10.7 Å². The number of nitrogens with zero attached hydrogens (tertiary/aromatic N) is 2. The number of carboxylic acids is 1. The largest absolute Gasteiger partial charge is 0.543 e. The zero-order valence-electron chi connectivity index (χ0n) is 10.9. The standard InChI is InChI=1S/C16H11ClN2O2/c17-12-6-8-13(9-7-12)19-15(16(20)21)10-14(18-19)11-4-2-1-3-5-11/h1-10H,(H,20,21)/p-1. The molecule has 0 fully saturated rings. The molecule has 1 heterocycles. The van der Waals surface area contributed by atoms with Crippen LogP contribution >= 0.6 is 11.6 Å². The first-order chi connectivity index (χ1) is 10.1. The van der Waals surface area contributed by atoms with Crippen LogP contribution in [0, 0.1) is 0 Å². The Morgan fingerprint density at radius 3 is 2.33 bits per heavy atom. The molecule has 1 aromatic heterocycles. The van der Waals surface area contributed by atoms with Crippen LogP contribution in [-0.2, 0) is 0 Å². The lowest BCUT2D eigenvalue weighted by Gasteiger charge is -2.07. The number of hydrogen-bond donors (Lipinski definition) is 0. The highest BCUT2D eigenvalue weighted by atomic mass is 35.5. The van der Waals surface area contributed by atoms with Crippen molar-refractivity contribution in [2.75, 3.05) is 0 Å². The summed E-state index contributed by atoms with van der Waals surface area (Å²) in [6.07, 6.45) is 0. The number of carbonyl (C=O) groups is 1. The van der Waals surface area contributed by atoms with E-state index in [-0.39, 0.29) is 5.69 Å². The van der Waals surface area contributed by atoms with Crippen molar-refractivity contribution >= 4 is 17.6 Å². The third kappa shape index (κ3) is 2.66. The molecule has 21 heavy (non-hydrogen) atoms. The van der Waals surface area contributed by atoms with Crippen molar-refractivity contribution < 1.29 is 9.90 Å². The monoisotopic (exact) mass is 297 g/mol. The van der Waals surface area contributed by atoms with Crippen LogP contribution < -0.4 is 5.11 Å². The molecule has 104 valence electrons. The molecule has 0 radical (unpaired) electrons. The number of aromatic carboxylic acids is 1. The van der Waals surface area contributed by atoms with Crippen LogP contribution in [0.2, 0.25) is 5.02 Å². The average molecular weight is 298 g/mol. The Morgan fingerprint density at radius 1 is 1.05 bits per heavy atom. The molecule has 0 saturated heterocycles. The quantitative estimate of drug-likeness (QED) is 0.746. The van der Waals surface area contributed by atoms with E-state index < -0.39 is 5.97 Å². The minimum absolute atomic E-state index is 0.00354. The fourth-order valence-electron chi connectivity index (χ4n) is 2.06. The molecule has 0 spiro atoms. The van der Waals surface area contributed by atoms with Gasteiger partial charge in [0, 0.05) is 10.6 Å². The number of aromatic nitrogens is 2. The number of rotatable bonds is 3. The first-order valence-corrected chi connectivity index (χ1v) is 6.66. The number of halogens is 1. The summed E-state index contributed by atoms with van der Waals surface area (Å²) in [5, 5.41) is 16.2. The van der Waals surface area contributed by atoms with E-state index >= 15 is 0 Å². The predicted octanol–water partition coefficient (Wildman–Crippen LogP) is 2.56. The zero-order valence-corrected chi connectivity index (χ0v) is 11.6. The van der Waals surface area contributed by atoms with E-state index in [1.807, 2.05) is 30.3 Å². The van der Waals surface area contributed by atoms with Gasteiger partial charge in [0.1, 0.15) is 0 Å². The second kappa shape index (κ2) is 5.42. The van der Waals surface area contributed by atoms with Crippen LogP contribution in [0.5, 0.6) is 0 Å². The van der Waals surface area contributed by atoms with E-state index in [1.54, 1.807) is 24.3 Å². The molecule has 0 amide bonds. The van der Waals surface area contributed by atoms with E-state index in [0.717, 1.165) is 5.56 Å². The lowest BCUT2D eigenvalue weighted by Crippen LogP contribution is -2.25. The van der Waals surface area contributed by atoms with Gasteiger partial charge in [0.2, 0.25) is 0 Å². The second-order valence-electron chi connectivity index (χ2n) is 4.46. The molecule has 0 N–H and O–H groups in total. The number of carbonyl (C=O) groups excluding carboxylic acids is 1. The minimum Gasteiger partial charge on any atom is -0.543 e. The van der Waals surface area contributed by atoms with Gasteiger partial charge in [-0.3, -0.25) is 0 Å². The highest BCUT2D eigenvalue weighted by Gasteiger charge is 2.11. The molecule has 0 atom stereocenters.